The summed E-state index contributed by atoms with van der Waals surface area (Å²) < 4.78 is 2.29. The monoisotopic (exact) mass is 379 g/mol. The van der Waals surface area contributed by atoms with Gasteiger partial charge in [-0.1, -0.05) is 29.3 Å². The summed E-state index contributed by atoms with van der Waals surface area (Å²) in [7, 11) is 0. The number of aryl methyl sites for hydroxylation is 2. The fourth-order valence-electron chi connectivity index (χ4n) is 5.06. The Kier molecular flexibility index (Phi) is 4.27. The summed E-state index contributed by atoms with van der Waals surface area (Å²) in [6.45, 7) is 8.64. The highest BCUT2D eigenvalue weighted by Crippen LogP contribution is 2.50. The first-order valence-electron chi connectivity index (χ1n) is 10.6. The third-order valence-corrected chi connectivity index (χ3v) is 6.73. The molecule has 6 nitrogen and oxygen atoms in total. The average Bonchev–Trinajstić information content (AvgIpc) is 3.40. The molecule has 1 amide bonds. The van der Waals surface area contributed by atoms with Gasteiger partial charge in [0.2, 0.25) is 5.91 Å². The fraction of sp³-hybridized carbons (Fsp3) is 0.591. The van der Waals surface area contributed by atoms with Crippen LogP contribution in [0.4, 0.5) is 0 Å². The van der Waals surface area contributed by atoms with Crippen LogP contribution in [0.2, 0.25) is 0 Å². The van der Waals surface area contributed by atoms with Gasteiger partial charge in [-0.05, 0) is 45.1 Å². The Balaban J connectivity index is 1.29. The molecule has 5 rings (SSSR count). The standard InChI is InChI=1S/C22H29N5O/c1-15-11-16(2)13-18(12-15)22(5-6-22)21(28)26-8-3-17(4-9-26)20-25-24-19-14-23-7-10-27(19)20/h11-13,17,23H,3-10,14H2,1-2H3. The molecule has 1 N–H and O–H groups in total. The number of hydrogen-bond donors (Lipinski definition) is 1. The molecular formula is C22H29N5O. The summed E-state index contributed by atoms with van der Waals surface area (Å²) in [5, 5.41) is 12.2. The summed E-state index contributed by atoms with van der Waals surface area (Å²) in [5.41, 5.74) is 3.46. The number of likely N-dealkylation sites (tertiary alicyclic amines) is 1. The topological polar surface area (TPSA) is 63.1 Å². The Morgan fingerprint density at radius 2 is 1.79 bits per heavy atom. The predicted molar refractivity (Wildman–Crippen MR) is 107 cm³/mol. The third kappa shape index (κ3) is 2.94. The number of nitrogens with zero attached hydrogens (tertiary/aromatic N) is 4. The molecule has 3 aliphatic rings. The van der Waals surface area contributed by atoms with Crippen LogP contribution in [-0.2, 0) is 23.3 Å². The van der Waals surface area contributed by atoms with Crippen LogP contribution in [0.15, 0.2) is 18.2 Å². The zero-order chi connectivity index (χ0) is 19.3. The molecule has 1 aromatic heterocycles. The second-order valence-corrected chi connectivity index (χ2v) is 8.83. The van der Waals surface area contributed by atoms with Crippen molar-refractivity contribution in [3.63, 3.8) is 0 Å². The summed E-state index contributed by atoms with van der Waals surface area (Å²) in [6.07, 6.45) is 3.94. The molecule has 2 fully saturated rings. The molecule has 0 atom stereocenters. The Labute approximate surface area is 166 Å². The van der Waals surface area contributed by atoms with E-state index < -0.39 is 0 Å². The maximum absolute atomic E-state index is 13.4. The molecule has 0 bridgehead atoms. The fourth-order valence-corrected chi connectivity index (χ4v) is 5.06. The Hall–Kier alpha value is -2.21. The number of rotatable bonds is 3. The van der Waals surface area contributed by atoms with E-state index in [-0.39, 0.29) is 5.41 Å². The number of amides is 1. The average molecular weight is 380 g/mol. The Morgan fingerprint density at radius 3 is 2.46 bits per heavy atom. The Morgan fingerprint density at radius 1 is 1.07 bits per heavy atom. The van der Waals surface area contributed by atoms with Gasteiger partial charge in [-0.15, -0.1) is 10.2 Å². The van der Waals surface area contributed by atoms with Crippen LogP contribution in [0.25, 0.3) is 0 Å². The maximum atomic E-state index is 13.4. The smallest absolute Gasteiger partial charge is 0.233 e. The first-order valence-corrected chi connectivity index (χ1v) is 10.6. The van der Waals surface area contributed by atoms with E-state index in [1.165, 1.54) is 16.7 Å². The summed E-state index contributed by atoms with van der Waals surface area (Å²) in [5.74, 6) is 2.92. The molecule has 2 aliphatic heterocycles. The lowest BCUT2D eigenvalue weighted by Gasteiger charge is -2.34. The van der Waals surface area contributed by atoms with Gasteiger partial charge >= 0.3 is 0 Å². The van der Waals surface area contributed by atoms with Crippen LogP contribution in [-0.4, -0.2) is 45.2 Å². The van der Waals surface area contributed by atoms with E-state index in [1.54, 1.807) is 0 Å². The number of carbonyl (C=O) groups excluding carboxylic acids is 1. The molecule has 148 valence electrons. The van der Waals surface area contributed by atoms with Gasteiger partial charge < -0.3 is 14.8 Å². The summed E-state index contributed by atoms with van der Waals surface area (Å²) >= 11 is 0. The van der Waals surface area contributed by atoms with Crippen molar-refractivity contribution in [3.05, 3.63) is 46.5 Å². The quantitative estimate of drug-likeness (QED) is 0.890. The molecule has 0 spiro atoms. The highest BCUT2D eigenvalue weighted by Gasteiger charge is 2.53. The van der Waals surface area contributed by atoms with Crippen LogP contribution in [0, 0.1) is 13.8 Å². The molecular weight excluding hydrogens is 350 g/mol. The van der Waals surface area contributed by atoms with Gasteiger partial charge in [0, 0.05) is 32.1 Å². The van der Waals surface area contributed by atoms with Crippen molar-refractivity contribution in [2.45, 2.75) is 64.0 Å². The highest BCUT2D eigenvalue weighted by molar-refractivity contribution is 5.91. The molecule has 28 heavy (non-hydrogen) atoms. The van der Waals surface area contributed by atoms with Gasteiger partial charge in [-0.2, -0.15) is 0 Å². The number of benzene rings is 1. The van der Waals surface area contributed by atoms with Crippen molar-refractivity contribution in [1.82, 2.24) is 25.0 Å². The van der Waals surface area contributed by atoms with Crippen molar-refractivity contribution in [2.75, 3.05) is 19.6 Å². The van der Waals surface area contributed by atoms with Crippen molar-refractivity contribution < 1.29 is 4.79 Å². The minimum absolute atomic E-state index is 0.261. The molecule has 0 radical (unpaired) electrons. The third-order valence-electron chi connectivity index (χ3n) is 6.73. The molecule has 3 heterocycles. The molecule has 0 unspecified atom stereocenters. The lowest BCUT2D eigenvalue weighted by atomic mass is 9.89. The first-order chi connectivity index (χ1) is 13.6. The van der Waals surface area contributed by atoms with E-state index in [4.69, 9.17) is 0 Å². The highest BCUT2D eigenvalue weighted by atomic mass is 16.2. The lowest BCUT2D eigenvalue weighted by Crippen LogP contribution is -2.44. The first kappa shape index (κ1) is 17.9. The lowest BCUT2D eigenvalue weighted by molar-refractivity contribution is -0.135. The molecule has 2 aromatic rings. The maximum Gasteiger partial charge on any atom is 0.233 e. The van der Waals surface area contributed by atoms with Crippen LogP contribution in [0.5, 0.6) is 0 Å². The number of nitrogens with one attached hydrogen (secondary N) is 1. The van der Waals surface area contributed by atoms with E-state index >= 15 is 0 Å². The van der Waals surface area contributed by atoms with Crippen LogP contribution >= 0.6 is 0 Å². The van der Waals surface area contributed by atoms with Crippen molar-refractivity contribution >= 4 is 5.91 Å². The molecule has 1 saturated carbocycles. The van der Waals surface area contributed by atoms with Gasteiger partial charge in [-0.3, -0.25) is 4.79 Å². The van der Waals surface area contributed by atoms with Crippen molar-refractivity contribution in [2.24, 2.45) is 0 Å². The second kappa shape index (κ2) is 6.69. The number of piperidine rings is 1. The van der Waals surface area contributed by atoms with Gasteiger partial charge in [0.05, 0.1) is 12.0 Å². The minimum Gasteiger partial charge on any atom is -0.342 e. The van der Waals surface area contributed by atoms with Gasteiger partial charge in [0.1, 0.15) is 11.6 Å². The van der Waals surface area contributed by atoms with E-state index in [2.05, 4.69) is 57.0 Å². The molecule has 1 saturated heterocycles. The van der Waals surface area contributed by atoms with E-state index in [0.29, 0.717) is 11.8 Å². The normalized spacial score (nSPS) is 21.4. The van der Waals surface area contributed by atoms with Gasteiger partial charge in [0.25, 0.3) is 0 Å². The predicted octanol–water partition coefficient (Wildman–Crippen LogP) is 2.44. The van der Waals surface area contributed by atoms with Crippen LogP contribution < -0.4 is 5.32 Å². The number of carbonyl (C=O) groups is 1. The number of hydrogen-bond acceptors (Lipinski definition) is 4. The summed E-state index contributed by atoms with van der Waals surface area (Å²) in [4.78, 5) is 15.5. The van der Waals surface area contributed by atoms with E-state index in [1.807, 2.05) is 0 Å². The molecule has 1 aromatic carbocycles. The van der Waals surface area contributed by atoms with Crippen molar-refractivity contribution in [3.8, 4) is 0 Å². The van der Waals surface area contributed by atoms with Crippen molar-refractivity contribution in [1.29, 1.82) is 0 Å². The zero-order valence-electron chi connectivity index (χ0n) is 16.9. The Bertz CT molecular complexity index is 885. The minimum atomic E-state index is -0.261. The number of fused-ring (bicyclic) bond motifs is 1. The van der Waals surface area contributed by atoms with E-state index in [9.17, 15) is 4.79 Å². The molecule has 1 aliphatic carbocycles. The SMILES string of the molecule is Cc1cc(C)cc(C2(C(=O)N3CCC(c4nnc5n4CCNC5)CC3)CC2)c1. The second-order valence-electron chi connectivity index (χ2n) is 8.83. The van der Waals surface area contributed by atoms with Crippen LogP contribution in [0.3, 0.4) is 0 Å². The van der Waals surface area contributed by atoms with Gasteiger partial charge in [0.15, 0.2) is 0 Å². The summed E-state index contributed by atoms with van der Waals surface area (Å²) in [6, 6.07) is 6.60. The largest absolute Gasteiger partial charge is 0.342 e. The van der Waals surface area contributed by atoms with Gasteiger partial charge in [-0.25, -0.2) is 0 Å². The zero-order valence-corrected chi connectivity index (χ0v) is 16.9. The van der Waals surface area contributed by atoms with E-state index in [0.717, 1.165) is 70.1 Å². The number of aromatic nitrogens is 3. The molecule has 6 heteroatoms. The van der Waals surface area contributed by atoms with Crippen LogP contribution in [0.1, 0.15) is 59.9 Å².